The second-order valence-electron chi connectivity index (χ2n) is 11.8. The predicted molar refractivity (Wildman–Crippen MR) is 172 cm³/mol. The van der Waals surface area contributed by atoms with Crippen molar-refractivity contribution in [1.82, 2.24) is 9.80 Å². The Hall–Kier alpha value is -3.85. The summed E-state index contributed by atoms with van der Waals surface area (Å²) < 4.78 is 13.3. The van der Waals surface area contributed by atoms with Crippen molar-refractivity contribution in [2.75, 3.05) is 38.0 Å². The average Bonchev–Trinajstić information content (AvgIpc) is 3.08. The zero-order valence-electron chi connectivity index (χ0n) is 25.2. The normalized spacial score (nSPS) is 22.9. The van der Waals surface area contributed by atoms with E-state index in [9.17, 15) is 9.90 Å². The third kappa shape index (κ3) is 7.44. The van der Waals surface area contributed by atoms with Gasteiger partial charge >= 0.3 is 0 Å². The van der Waals surface area contributed by atoms with Crippen LogP contribution in [0.5, 0.6) is 0 Å². The summed E-state index contributed by atoms with van der Waals surface area (Å²) in [5.41, 5.74) is 5.54. The van der Waals surface area contributed by atoms with E-state index in [1.165, 1.54) is 5.56 Å². The molecule has 4 aromatic carbocycles. The van der Waals surface area contributed by atoms with E-state index in [0.717, 1.165) is 56.0 Å². The summed E-state index contributed by atoms with van der Waals surface area (Å²) >= 11 is 0. The lowest BCUT2D eigenvalue weighted by Gasteiger charge is -2.44. The van der Waals surface area contributed by atoms with E-state index in [4.69, 9.17) is 9.47 Å². The fraction of sp³-hybridized carbons (Fsp3) is 0.324. The smallest absolute Gasteiger partial charge is 0.255 e. The molecule has 7 heteroatoms. The highest BCUT2D eigenvalue weighted by Gasteiger charge is 2.39. The van der Waals surface area contributed by atoms with Gasteiger partial charge in [0.15, 0.2) is 6.29 Å². The lowest BCUT2D eigenvalue weighted by atomic mass is 9.90. The number of hydrogen-bond donors (Lipinski definition) is 2. The first-order chi connectivity index (χ1) is 21.6. The number of ether oxygens (including phenoxy) is 2. The molecule has 0 radical (unpaired) electrons. The zero-order valence-corrected chi connectivity index (χ0v) is 25.2. The Morgan fingerprint density at radius 2 is 1.36 bits per heavy atom. The van der Waals surface area contributed by atoms with E-state index >= 15 is 0 Å². The molecule has 4 aromatic rings. The highest BCUT2D eigenvalue weighted by Crippen LogP contribution is 2.42. The Morgan fingerprint density at radius 1 is 0.750 bits per heavy atom. The van der Waals surface area contributed by atoms with Crippen molar-refractivity contribution < 1.29 is 19.4 Å². The van der Waals surface area contributed by atoms with Gasteiger partial charge < -0.3 is 19.9 Å². The molecule has 2 aliphatic rings. The van der Waals surface area contributed by atoms with Gasteiger partial charge in [-0.15, -0.1) is 0 Å². The number of aliphatic hydroxyl groups is 1. The molecule has 0 aromatic heterocycles. The minimum atomic E-state index is -0.544. The Bertz CT molecular complexity index is 1470. The number of rotatable bonds is 9. The summed E-state index contributed by atoms with van der Waals surface area (Å²) in [6.07, 6.45) is -0.741. The van der Waals surface area contributed by atoms with Crippen LogP contribution in [0.25, 0.3) is 0 Å². The number of carbonyl (C=O) groups is 1. The molecule has 2 saturated heterocycles. The molecule has 7 nitrogen and oxygen atoms in total. The summed E-state index contributed by atoms with van der Waals surface area (Å²) in [4.78, 5) is 17.7. The van der Waals surface area contributed by atoms with Crippen molar-refractivity contribution >= 4 is 11.6 Å². The summed E-state index contributed by atoms with van der Waals surface area (Å²) in [5.74, 6) is -0.0225. The zero-order chi connectivity index (χ0) is 30.3. The van der Waals surface area contributed by atoms with Gasteiger partial charge in [0.25, 0.3) is 5.91 Å². The summed E-state index contributed by atoms with van der Waals surface area (Å²) in [5, 5.41) is 12.5. The van der Waals surface area contributed by atoms with E-state index in [0.29, 0.717) is 11.3 Å². The molecular formula is C37H41N3O4. The molecule has 1 amide bonds. The molecule has 2 heterocycles. The van der Waals surface area contributed by atoms with Crippen LogP contribution in [-0.2, 0) is 22.6 Å². The number of hydrogen-bond acceptors (Lipinski definition) is 6. The second-order valence-corrected chi connectivity index (χ2v) is 11.8. The Labute approximate surface area is 260 Å². The molecule has 44 heavy (non-hydrogen) atoms. The largest absolute Gasteiger partial charge is 0.392 e. The molecule has 6 rings (SSSR count). The van der Waals surface area contributed by atoms with Gasteiger partial charge in [0, 0.05) is 62.0 Å². The maximum atomic E-state index is 12.6. The monoisotopic (exact) mass is 591 g/mol. The van der Waals surface area contributed by atoms with E-state index in [-0.39, 0.29) is 30.6 Å². The maximum Gasteiger partial charge on any atom is 0.255 e. The lowest BCUT2D eigenvalue weighted by Crippen LogP contribution is -2.51. The lowest BCUT2D eigenvalue weighted by molar-refractivity contribution is -0.276. The van der Waals surface area contributed by atoms with Crippen molar-refractivity contribution in [2.24, 2.45) is 5.92 Å². The summed E-state index contributed by atoms with van der Waals surface area (Å²) in [6.45, 7) is 8.08. The van der Waals surface area contributed by atoms with E-state index in [1.807, 2.05) is 54.6 Å². The molecule has 0 aliphatic carbocycles. The van der Waals surface area contributed by atoms with Gasteiger partial charge in [0.1, 0.15) is 0 Å². The first-order valence-corrected chi connectivity index (χ1v) is 15.5. The van der Waals surface area contributed by atoms with Crippen LogP contribution in [0.2, 0.25) is 0 Å². The van der Waals surface area contributed by atoms with Crippen LogP contribution in [0, 0.1) is 5.92 Å². The van der Waals surface area contributed by atoms with Gasteiger partial charge in [0.2, 0.25) is 0 Å². The maximum absolute atomic E-state index is 12.6. The van der Waals surface area contributed by atoms with Gasteiger partial charge in [-0.25, -0.2) is 0 Å². The third-order valence-electron chi connectivity index (χ3n) is 8.75. The number of piperazine rings is 1. The minimum absolute atomic E-state index is 0.0130. The van der Waals surface area contributed by atoms with Crippen molar-refractivity contribution in [1.29, 1.82) is 0 Å². The molecule has 4 atom stereocenters. The number of carbonyl (C=O) groups excluding carboxylic acids is 1. The van der Waals surface area contributed by atoms with E-state index in [2.05, 4.69) is 64.5 Å². The van der Waals surface area contributed by atoms with Gasteiger partial charge in [-0.2, -0.15) is 0 Å². The van der Waals surface area contributed by atoms with Crippen LogP contribution in [0.3, 0.4) is 0 Å². The quantitative estimate of drug-likeness (QED) is 0.247. The number of anilines is 1. The molecule has 2 aliphatic heterocycles. The second kappa shape index (κ2) is 14.3. The first kappa shape index (κ1) is 30.2. The molecule has 0 bridgehead atoms. The van der Waals surface area contributed by atoms with Gasteiger partial charge in [-0.05, 0) is 41.0 Å². The van der Waals surface area contributed by atoms with Crippen LogP contribution in [0.15, 0.2) is 109 Å². The minimum Gasteiger partial charge on any atom is -0.392 e. The highest BCUT2D eigenvalue weighted by molar-refractivity contribution is 6.04. The highest BCUT2D eigenvalue weighted by atomic mass is 16.7. The van der Waals surface area contributed by atoms with Crippen LogP contribution in [-0.4, -0.2) is 59.6 Å². The SMILES string of the molecule is CC1C(CN2CCN(Cc3ccccc3)CC2)OC(c2ccc(NC(=O)c3ccccc3)cc2)OC1c1ccc(CO)cc1. The van der Waals surface area contributed by atoms with Crippen LogP contribution in [0.1, 0.15) is 51.9 Å². The number of nitrogens with zero attached hydrogens (tertiary/aromatic N) is 2. The van der Waals surface area contributed by atoms with Crippen molar-refractivity contribution in [3.8, 4) is 0 Å². The standard InChI is InChI=1S/C37H41N3O4/c1-27-34(25-40-22-20-39(21-23-40)24-28-8-4-2-5-9-28)43-37(44-35(27)30-14-12-29(26-41)13-15-30)32-16-18-33(19-17-32)38-36(42)31-10-6-3-7-11-31/h2-19,27,34-35,37,41H,20-26H2,1H3,(H,38,42). The first-order valence-electron chi connectivity index (χ1n) is 15.5. The van der Waals surface area contributed by atoms with Gasteiger partial charge in [0.05, 0.1) is 18.8 Å². The van der Waals surface area contributed by atoms with E-state index < -0.39 is 6.29 Å². The molecule has 2 N–H and O–H groups in total. The van der Waals surface area contributed by atoms with Gasteiger partial charge in [-0.1, -0.05) is 91.9 Å². The average molecular weight is 592 g/mol. The predicted octanol–water partition coefficient (Wildman–Crippen LogP) is 6.04. The molecule has 0 spiro atoms. The molecule has 4 unspecified atom stereocenters. The Kier molecular flexibility index (Phi) is 9.80. The number of amides is 1. The molecular weight excluding hydrogens is 550 g/mol. The molecule has 0 saturated carbocycles. The van der Waals surface area contributed by atoms with E-state index in [1.54, 1.807) is 12.1 Å². The molecule has 2 fully saturated rings. The Balaban J connectivity index is 1.14. The number of aliphatic hydroxyl groups excluding tert-OH is 1. The number of nitrogens with one attached hydrogen (secondary N) is 1. The summed E-state index contributed by atoms with van der Waals surface area (Å²) in [7, 11) is 0. The molecule has 228 valence electrons. The van der Waals surface area contributed by atoms with Crippen molar-refractivity contribution in [3.63, 3.8) is 0 Å². The topological polar surface area (TPSA) is 74.3 Å². The third-order valence-corrected chi connectivity index (χ3v) is 8.75. The summed E-state index contributed by atoms with van der Waals surface area (Å²) in [6, 6.07) is 35.6. The Morgan fingerprint density at radius 3 is 2.02 bits per heavy atom. The van der Waals surface area contributed by atoms with Crippen LogP contribution >= 0.6 is 0 Å². The van der Waals surface area contributed by atoms with Gasteiger partial charge in [-0.3, -0.25) is 14.6 Å². The van der Waals surface area contributed by atoms with Crippen LogP contribution < -0.4 is 5.32 Å². The fourth-order valence-electron chi connectivity index (χ4n) is 6.07. The van der Waals surface area contributed by atoms with Crippen LogP contribution in [0.4, 0.5) is 5.69 Å². The fourth-order valence-corrected chi connectivity index (χ4v) is 6.07. The number of benzene rings is 4. The van der Waals surface area contributed by atoms with Crippen molar-refractivity contribution in [2.45, 2.75) is 38.6 Å². The van der Waals surface area contributed by atoms with Crippen molar-refractivity contribution in [3.05, 3.63) is 137 Å².